The molecule has 0 fully saturated rings. The summed E-state index contributed by atoms with van der Waals surface area (Å²) >= 11 is 0. The van der Waals surface area contributed by atoms with Gasteiger partial charge in [0.1, 0.15) is 0 Å². The molecule has 0 aliphatic heterocycles. The van der Waals surface area contributed by atoms with Gasteiger partial charge in [0.25, 0.3) is 0 Å². The third-order valence-corrected chi connectivity index (χ3v) is 3.40. The van der Waals surface area contributed by atoms with Crippen molar-refractivity contribution in [1.82, 2.24) is 0 Å². The van der Waals surface area contributed by atoms with E-state index in [1.807, 2.05) is 0 Å². The molecule has 0 atom stereocenters. The van der Waals surface area contributed by atoms with Gasteiger partial charge in [-0.25, -0.2) is 0 Å². The van der Waals surface area contributed by atoms with E-state index >= 15 is 0 Å². The van der Waals surface area contributed by atoms with Crippen LogP contribution in [0.2, 0.25) is 0 Å². The van der Waals surface area contributed by atoms with E-state index in [9.17, 15) is 0 Å². The van der Waals surface area contributed by atoms with E-state index < -0.39 is 0 Å². The van der Waals surface area contributed by atoms with E-state index in [1.54, 1.807) is 0 Å². The molecule has 0 unspecified atom stereocenters. The second kappa shape index (κ2) is 12.5. The van der Waals surface area contributed by atoms with Gasteiger partial charge in [0.2, 0.25) is 0 Å². The minimum atomic E-state index is 0. The maximum absolute atomic E-state index is 2.20. The smallest absolute Gasteiger partial charge is 1.00 e. The molecule has 0 spiro atoms. The predicted molar refractivity (Wildman–Crippen MR) is 86.0 cm³/mol. The Labute approximate surface area is 167 Å². The molecule has 0 N–H and O–H groups in total. The van der Waals surface area contributed by atoms with Crippen LogP contribution < -0.4 is 37.2 Å². The van der Waals surface area contributed by atoms with Crippen molar-refractivity contribution in [1.29, 1.82) is 0 Å². The molecular weight excluding hydrogens is 362 g/mol. The van der Waals surface area contributed by atoms with Gasteiger partial charge in [-0.15, -0.1) is 0 Å². The molecule has 0 aliphatic rings. The average molecular weight is 378 g/mol. The minimum Gasteiger partial charge on any atom is -1.00 e. The van der Waals surface area contributed by atoms with E-state index in [0.29, 0.717) is 5.92 Å². The second-order valence-corrected chi connectivity index (χ2v) is 4.67. The fourth-order valence-corrected chi connectivity index (χ4v) is 2.51. The number of benzene rings is 3. The van der Waals surface area contributed by atoms with E-state index in [0.717, 1.165) is 0 Å². The standard InChI is InChI=1S/C19H16.Al.3ClH/c1-4-10-16(11-5-1)19(17-12-6-2-7-13-17)18-14-8-3-9-15-18;;;;/h1-15,19H;;3*1H/q;+3;;;/p-3. The van der Waals surface area contributed by atoms with Crippen LogP contribution in [0.4, 0.5) is 0 Å². The number of hydrogen-bond donors (Lipinski definition) is 0. The van der Waals surface area contributed by atoms with E-state index in [-0.39, 0.29) is 54.6 Å². The van der Waals surface area contributed by atoms with Crippen LogP contribution in [0.3, 0.4) is 0 Å². The van der Waals surface area contributed by atoms with Gasteiger partial charge in [-0.3, -0.25) is 0 Å². The molecule has 0 amide bonds. The topological polar surface area (TPSA) is 0 Å². The van der Waals surface area contributed by atoms with Gasteiger partial charge in [0, 0.05) is 5.92 Å². The molecule has 3 rings (SSSR count). The first kappa shape index (κ1) is 24.3. The van der Waals surface area contributed by atoms with Crippen LogP contribution >= 0.6 is 0 Å². The first-order valence-electron chi connectivity index (χ1n) is 6.60. The van der Waals surface area contributed by atoms with Crippen LogP contribution in [0.1, 0.15) is 22.6 Å². The van der Waals surface area contributed by atoms with Crippen LogP contribution in [0.5, 0.6) is 0 Å². The summed E-state index contributed by atoms with van der Waals surface area (Å²) in [6.07, 6.45) is 0. The van der Waals surface area contributed by atoms with Crippen molar-refractivity contribution in [2.75, 3.05) is 0 Å². The van der Waals surface area contributed by atoms with Crippen molar-refractivity contribution in [3.8, 4) is 0 Å². The van der Waals surface area contributed by atoms with Crippen LogP contribution in [-0.4, -0.2) is 17.4 Å². The van der Waals surface area contributed by atoms with Crippen LogP contribution in [-0.2, 0) is 0 Å². The predicted octanol–water partition coefficient (Wildman–Crippen LogP) is -4.50. The van der Waals surface area contributed by atoms with Crippen molar-refractivity contribution in [3.05, 3.63) is 108 Å². The van der Waals surface area contributed by atoms with Crippen LogP contribution in [0.15, 0.2) is 91.0 Å². The fourth-order valence-electron chi connectivity index (χ4n) is 2.51. The Kier molecular flexibility index (Phi) is 13.2. The largest absolute Gasteiger partial charge is 3.00 e. The van der Waals surface area contributed by atoms with Gasteiger partial charge in [-0.1, -0.05) is 91.0 Å². The Hall–Kier alpha value is -0.938. The van der Waals surface area contributed by atoms with Gasteiger partial charge in [-0.05, 0) is 16.7 Å². The molecule has 116 valence electrons. The van der Waals surface area contributed by atoms with Crippen molar-refractivity contribution in [2.24, 2.45) is 0 Å². The molecule has 0 heterocycles. The first-order chi connectivity index (χ1) is 9.45. The Balaban J connectivity index is 0. The van der Waals surface area contributed by atoms with Crippen molar-refractivity contribution in [2.45, 2.75) is 5.92 Å². The molecule has 0 saturated carbocycles. The van der Waals surface area contributed by atoms with E-state index in [1.165, 1.54) is 16.7 Å². The monoisotopic (exact) mass is 376 g/mol. The zero-order valence-corrected chi connectivity index (χ0v) is 15.9. The van der Waals surface area contributed by atoms with Gasteiger partial charge >= 0.3 is 17.4 Å². The zero-order chi connectivity index (χ0) is 12.9. The molecule has 0 nitrogen and oxygen atoms in total. The maximum Gasteiger partial charge on any atom is 3.00 e. The summed E-state index contributed by atoms with van der Waals surface area (Å²) in [7, 11) is 0. The molecule has 0 radical (unpaired) electrons. The maximum atomic E-state index is 2.20. The molecule has 0 saturated heterocycles. The van der Waals surface area contributed by atoms with Crippen molar-refractivity contribution >= 4 is 17.4 Å². The first-order valence-corrected chi connectivity index (χ1v) is 6.60. The third kappa shape index (κ3) is 6.23. The average Bonchev–Trinajstić information content (AvgIpc) is 2.51. The molecule has 3 aromatic rings. The van der Waals surface area contributed by atoms with Gasteiger partial charge in [0.15, 0.2) is 0 Å². The summed E-state index contributed by atoms with van der Waals surface area (Å²) in [4.78, 5) is 0. The van der Waals surface area contributed by atoms with Crippen molar-refractivity contribution < 1.29 is 37.2 Å². The molecule has 3 aromatic carbocycles. The van der Waals surface area contributed by atoms with E-state index in [2.05, 4.69) is 91.0 Å². The summed E-state index contributed by atoms with van der Waals surface area (Å²) in [5, 5.41) is 0. The molecule has 0 bridgehead atoms. The molecule has 23 heavy (non-hydrogen) atoms. The Morgan fingerprint density at radius 2 is 0.609 bits per heavy atom. The molecule has 4 heteroatoms. The van der Waals surface area contributed by atoms with E-state index in [4.69, 9.17) is 0 Å². The molecule has 0 aliphatic carbocycles. The minimum absolute atomic E-state index is 0. The van der Waals surface area contributed by atoms with Gasteiger partial charge < -0.3 is 37.2 Å². The Morgan fingerprint density at radius 3 is 0.826 bits per heavy atom. The number of rotatable bonds is 3. The third-order valence-electron chi connectivity index (χ3n) is 3.40. The molecular formula is C19H16AlCl3. The Bertz CT molecular complexity index is 537. The normalized spacial score (nSPS) is 8.74. The summed E-state index contributed by atoms with van der Waals surface area (Å²) in [6.45, 7) is 0. The summed E-state index contributed by atoms with van der Waals surface area (Å²) in [6, 6.07) is 32.0. The number of halogens is 3. The summed E-state index contributed by atoms with van der Waals surface area (Å²) in [5.74, 6) is 0.309. The Morgan fingerprint density at radius 1 is 0.391 bits per heavy atom. The second-order valence-electron chi connectivity index (χ2n) is 4.67. The molecule has 0 aromatic heterocycles. The fraction of sp³-hybridized carbons (Fsp3) is 0.0526. The summed E-state index contributed by atoms with van der Waals surface area (Å²) in [5.41, 5.74) is 4.00. The van der Waals surface area contributed by atoms with Crippen LogP contribution in [0, 0.1) is 0 Å². The van der Waals surface area contributed by atoms with Crippen molar-refractivity contribution in [3.63, 3.8) is 0 Å². The summed E-state index contributed by atoms with van der Waals surface area (Å²) < 4.78 is 0. The zero-order valence-electron chi connectivity index (χ0n) is 12.4. The SMILES string of the molecule is [Al+3].[Cl-].[Cl-].[Cl-].c1ccc(C(c2ccccc2)c2ccccc2)cc1. The quantitative estimate of drug-likeness (QED) is 0.319. The van der Waals surface area contributed by atoms with Gasteiger partial charge in [-0.2, -0.15) is 0 Å². The van der Waals surface area contributed by atoms with Crippen LogP contribution in [0.25, 0.3) is 0 Å². The number of hydrogen-bond acceptors (Lipinski definition) is 0. The van der Waals surface area contributed by atoms with Gasteiger partial charge in [0.05, 0.1) is 0 Å².